The second-order valence-electron chi connectivity index (χ2n) is 2.86. The molecule has 0 amide bonds. The molecule has 5 heteroatoms. The molecule has 0 saturated carbocycles. The number of carboxylic acid groups (broad SMARTS) is 1. The minimum Gasteiger partial charge on any atom is -0.478 e. The number of hydrogen-bond donors (Lipinski definition) is 3. The van der Waals surface area contributed by atoms with Crippen LogP contribution in [-0.2, 0) is 0 Å². The summed E-state index contributed by atoms with van der Waals surface area (Å²) in [5.74, 6) is 4.02. The van der Waals surface area contributed by atoms with Gasteiger partial charge in [-0.05, 0) is 18.2 Å². The predicted molar refractivity (Wildman–Crippen MR) is 61.8 cm³/mol. The highest BCUT2D eigenvalue weighted by Crippen LogP contribution is 2.20. The average Bonchev–Trinajstić information content (AvgIpc) is 2.26. The molecule has 0 fully saturated rings. The summed E-state index contributed by atoms with van der Waals surface area (Å²) in [5, 5.41) is 20.5. The van der Waals surface area contributed by atoms with Gasteiger partial charge in [0.15, 0.2) is 0 Å². The Morgan fingerprint density at radius 2 is 2.19 bits per heavy atom. The molecule has 1 aromatic rings. The predicted octanol–water partition coefficient (Wildman–Crippen LogP) is 1.45. The number of benzene rings is 1. The largest absolute Gasteiger partial charge is 0.478 e. The molecule has 0 unspecified atom stereocenters. The normalized spacial score (nSPS) is 9.12. The molecule has 84 valence electrons. The maximum atomic E-state index is 10.9. The van der Waals surface area contributed by atoms with E-state index in [2.05, 4.69) is 17.2 Å². The molecule has 0 spiro atoms. The zero-order valence-electron chi connectivity index (χ0n) is 8.33. The lowest BCUT2D eigenvalue weighted by Gasteiger charge is -2.06. The fraction of sp³-hybridized carbons (Fsp3) is 0.182. The SMILES string of the molecule is O=C(O)c1cc(Cl)ccc1NCC#CCO. The Morgan fingerprint density at radius 3 is 2.81 bits per heavy atom. The number of hydrogen-bond acceptors (Lipinski definition) is 3. The molecule has 1 rings (SSSR count). The maximum absolute atomic E-state index is 10.9. The van der Waals surface area contributed by atoms with Crippen LogP contribution in [0.5, 0.6) is 0 Å². The van der Waals surface area contributed by atoms with Crippen molar-refractivity contribution >= 4 is 23.3 Å². The van der Waals surface area contributed by atoms with E-state index < -0.39 is 5.97 Å². The first-order valence-electron chi connectivity index (χ1n) is 4.48. The number of aromatic carboxylic acids is 1. The van der Waals surface area contributed by atoms with Crippen LogP contribution in [0.4, 0.5) is 5.69 Å². The van der Waals surface area contributed by atoms with Crippen LogP contribution in [0.3, 0.4) is 0 Å². The second kappa shape index (κ2) is 6.01. The molecular weight excluding hydrogens is 230 g/mol. The Bertz CT molecular complexity index is 448. The standard InChI is InChI=1S/C11H10ClNO3/c12-8-3-4-10(9(7-8)11(15)16)13-5-1-2-6-14/h3-4,7,13-14H,5-6H2,(H,15,16). The summed E-state index contributed by atoms with van der Waals surface area (Å²) in [4.78, 5) is 10.9. The van der Waals surface area contributed by atoms with Crippen molar-refractivity contribution in [3.05, 3.63) is 28.8 Å². The van der Waals surface area contributed by atoms with Gasteiger partial charge in [-0.25, -0.2) is 4.79 Å². The van der Waals surface area contributed by atoms with Gasteiger partial charge in [0, 0.05) is 10.7 Å². The van der Waals surface area contributed by atoms with Crippen LogP contribution >= 0.6 is 11.6 Å². The first-order chi connectivity index (χ1) is 7.65. The van der Waals surface area contributed by atoms with Crippen molar-refractivity contribution in [2.45, 2.75) is 0 Å². The molecule has 0 aliphatic carbocycles. The van der Waals surface area contributed by atoms with Crippen molar-refractivity contribution in [3.63, 3.8) is 0 Å². The Kier molecular flexibility index (Phi) is 4.65. The Balaban J connectivity index is 2.82. The Morgan fingerprint density at radius 1 is 1.44 bits per heavy atom. The van der Waals surface area contributed by atoms with Crippen LogP contribution in [0, 0.1) is 11.8 Å². The van der Waals surface area contributed by atoms with Gasteiger partial charge in [-0.15, -0.1) is 0 Å². The lowest BCUT2D eigenvalue weighted by Crippen LogP contribution is -2.06. The quantitative estimate of drug-likeness (QED) is 0.699. The van der Waals surface area contributed by atoms with Gasteiger partial charge in [-0.3, -0.25) is 0 Å². The van der Waals surface area contributed by atoms with Crippen LogP contribution in [0.1, 0.15) is 10.4 Å². The van der Waals surface area contributed by atoms with Gasteiger partial charge in [-0.2, -0.15) is 0 Å². The molecule has 0 aliphatic rings. The van der Waals surface area contributed by atoms with Crippen LogP contribution in [0.2, 0.25) is 5.02 Å². The molecule has 16 heavy (non-hydrogen) atoms. The van der Waals surface area contributed by atoms with E-state index >= 15 is 0 Å². The number of halogens is 1. The van der Waals surface area contributed by atoms with Crippen molar-refractivity contribution in [2.24, 2.45) is 0 Å². The minimum atomic E-state index is -1.06. The summed E-state index contributed by atoms with van der Waals surface area (Å²) in [7, 11) is 0. The summed E-state index contributed by atoms with van der Waals surface area (Å²) in [5.41, 5.74) is 0.544. The number of anilines is 1. The zero-order valence-corrected chi connectivity index (χ0v) is 9.08. The number of aliphatic hydroxyl groups excluding tert-OH is 1. The van der Waals surface area contributed by atoms with Crippen molar-refractivity contribution in [1.29, 1.82) is 0 Å². The first-order valence-corrected chi connectivity index (χ1v) is 4.86. The molecule has 0 saturated heterocycles. The highest BCUT2D eigenvalue weighted by molar-refractivity contribution is 6.31. The molecule has 3 N–H and O–H groups in total. The summed E-state index contributed by atoms with van der Waals surface area (Å²) in [6.45, 7) is 0.0521. The van der Waals surface area contributed by atoms with Crippen molar-refractivity contribution in [1.82, 2.24) is 0 Å². The molecule has 0 radical (unpaired) electrons. The fourth-order valence-corrected chi connectivity index (χ4v) is 1.28. The van der Waals surface area contributed by atoms with E-state index in [-0.39, 0.29) is 18.7 Å². The average molecular weight is 240 g/mol. The molecule has 0 aromatic heterocycles. The summed E-state index contributed by atoms with van der Waals surface area (Å²) < 4.78 is 0. The lowest BCUT2D eigenvalue weighted by molar-refractivity contribution is 0.0698. The molecule has 0 atom stereocenters. The molecule has 4 nitrogen and oxygen atoms in total. The summed E-state index contributed by atoms with van der Waals surface area (Å²) >= 11 is 5.69. The van der Waals surface area contributed by atoms with Gasteiger partial charge in [-0.1, -0.05) is 23.4 Å². The monoisotopic (exact) mass is 239 g/mol. The van der Waals surface area contributed by atoms with Gasteiger partial charge in [0.05, 0.1) is 12.1 Å². The van der Waals surface area contributed by atoms with Crippen LogP contribution < -0.4 is 5.32 Å². The lowest BCUT2D eigenvalue weighted by atomic mass is 10.2. The van der Waals surface area contributed by atoms with Gasteiger partial charge < -0.3 is 15.5 Å². The van der Waals surface area contributed by atoms with E-state index in [0.29, 0.717) is 10.7 Å². The Labute approximate surface area is 97.9 Å². The number of aliphatic hydroxyl groups is 1. The van der Waals surface area contributed by atoms with Crippen molar-refractivity contribution < 1.29 is 15.0 Å². The van der Waals surface area contributed by atoms with Crippen LogP contribution in [0.25, 0.3) is 0 Å². The van der Waals surface area contributed by atoms with E-state index in [9.17, 15) is 4.79 Å². The third-order valence-corrected chi connectivity index (χ3v) is 2.02. The number of carboxylic acids is 1. The van der Waals surface area contributed by atoms with Gasteiger partial charge in [0.2, 0.25) is 0 Å². The highest BCUT2D eigenvalue weighted by atomic mass is 35.5. The minimum absolute atomic E-state index is 0.0956. The third kappa shape index (κ3) is 3.46. The van der Waals surface area contributed by atoms with Crippen LogP contribution in [-0.4, -0.2) is 29.3 Å². The zero-order chi connectivity index (χ0) is 12.0. The molecule has 0 aliphatic heterocycles. The van der Waals surface area contributed by atoms with E-state index in [0.717, 1.165) is 0 Å². The number of nitrogens with one attached hydrogen (secondary N) is 1. The molecule has 0 bridgehead atoms. The highest BCUT2D eigenvalue weighted by Gasteiger charge is 2.09. The van der Waals surface area contributed by atoms with Gasteiger partial charge in [0.1, 0.15) is 6.61 Å². The second-order valence-corrected chi connectivity index (χ2v) is 3.30. The summed E-state index contributed by atoms with van der Waals surface area (Å²) in [6.07, 6.45) is 0. The molecule has 1 aromatic carbocycles. The van der Waals surface area contributed by atoms with Gasteiger partial charge >= 0.3 is 5.97 Å². The fourth-order valence-electron chi connectivity index (χ4n) is 1.11. The van der Waals surface area contributed by atoms with Crippen molar-refractivity contribution in [3.8, 4) is 11.8 Å². The van der Waals surface area contributed by atoms with Crippen LogP contribution in [0.15, 0.2) is 18.2 Å². The van der Waals surface area contributed by atoms with E-state index in [1.165, 1.54) is 6.07 Å². The van der Waals surface area contributed by atoms with Crippen molar-refractivity contribution in [2.75, 3.05) is 18.5 Å². The van der Waals surface area contributed by atoms with E-state index in [1.54, 1.807) is 12.1 Å². The number of rotatable bonds is 3. The molecular formula is C11H10ClNO3. The topological polar surface area (TPSA) is 69.6 Å². The third-order valence-electron chi connectivity index (χ3n) is 1.78. The van der Waals surface area contributed by atoms with E-state index in [1.807, 2.05) is 0 Å². The summed E-state index contributed by atoms with van der Waals surface area (Å²) in [6, 6.07) is 4.54. The molecule has 0 heterocycles. The first kappa shape index (κ1) is 12.4. The smallest absolute Gasteiger partial charge is 0.337 e. The van der Waals surface area contributed by atoms with Gasteiger partial charge in [0.25, 0.3) is 0 Å². The van der Waals surface area contributed by atoms with E-state index in [4.69, 9.17) is 21.8 Å². The maximum Gasteiger partial charge on any atom is 0.337 e. The Hall–Kier alpha value is -1.70. The number of carbonyl (C=O) groups is 1.